The number of benzene rings is 1. The van der Waals surface area contributed by atoms with Crippen molar-refractivity contribution in [1.29, 1.82) is 0 Å². The molecule has 1 amide bonds. The fraction of sp³-hybridized carbons (Fsp3) is 0.618. The lowest BCUT2D eigenvalue weighted by molar-refractivity contribution is -0.127. The third kappa shape index (κ3) is 11.8. The van der Waals surface area contributed by atoms with Gasteiger partial charge >= 0.3 is 0 Å². The van der Waals surface area contributed by atoms with E-state index in [0.29, 0.717) is 6.42 Å². The average molecular weight is 666 g/mol. The van der Waals surface area contributed by atoms with E-state index in [-0.39, 0.29) is 27.2 Å². The number of hydrogen-bond acceptors (Lipinski definition) is 3. The number of allylic oxidation sites excluding steroid dienone is 5. The molecule has 0 bridgehead atoms. The van der Waals surface area contributed by atoms with Gasteiger partial charge in [0.2, 0.25) is 5.91 Å². The van der Waals surface area contributed by atoms with Crippen molar-refractivity contribution < 1.29 is 9.53 Å². The summed E-state index contributed by atoms with van der Waals surface area (Å²) in [5.41, 5.74) is 1.24. The van der Waals surface area contributed by atoms with E-state index in [1.165, 1.54) is 50.5 Å². The minimum Gasteiger partial charge on any atom is -0.381 e. The largest absolute Gasteiger partial charge is 0.381 e. The SMILES string of the molecule is CCCCCCCOCCCCCC/C=C/CC(=O)N(S)[C@@H](C(C)C)C(I)(c1ccccc1)C1C=CC=CC1. The molecule has 1 aromatic rings. The number of hydrogen-bond donors (Lipinski definition) is 1. The van der Waals surface area contributed by atoms with Gasteiger partial charge in [0, 0.05) is 25.6 Å². The molecule has 0 spiro atoms. The van der Waals surface area contributed by atoms with E-state index in [1.807, 2.05) is 6.08 Å². The van der Waals surface area contributed by atoms with Crippen LogP contribution < -0.4 is 0 Å². The summed E-state index contributed by atoms with van der Waals surface area (Å²) in [6.07, 6.45) is 26.5. The first-order chi connectivity index (χ1) is 18.9. The van der Waals surface area contributed by atoms with Crippen molar-refractivity contribution in [3.63, 3.8) is 0 Å². The highest BCUT2D eigenvalue weighted by molar-refractivity contribution is 14.1. The Balaban J connectivity index is 1.79. The number of carbonyl (C=O) groups excluding carboxylic acids is 1. The number of rotatable bonds is 20. The first-order valence-corrected chi connectivity index (χ1v) is 16.7. The van der Waals surface area contributed by atoms with Gasteiger partial charge in [0.05, 0.1) is 9.46 Å². The Kier molecular flexibility index (Phi) is 17.5. The van der Waals surface area contributed by atoms with Gasteiger partial charge in [-0.3, -0.25) is 9.10 Å². The van der Waals surface area contributed by atoms with Crippen LogP contribution >= 0.6 is 35.4 Å². The molecule has 1 aliphatic rings. The minimum atomic E-state index is -0.283. The maximum absolute atomic E-state index is 13.3. The summed E-state index contributed by atoms with van der Waals surface area (Å²) in [5.74, 6) is 0.594. The summed E-state index contributed by atoms with van der Waals surface area (Å²) in [4.78, 5) is 13.3. The first kappa shape index (κ1) is 34.2. The summed E-state index contributed by atoms with van der Waals surface area (Å²) in [6.45, 7) is 8.46. The second kappa shape index (κ2) is 19.9. The van der Waals surface area contributed by atoms with Crippen molar-refractivity contribution in [3.8, 4) is 0 Å². The van der Waals surface area contributed by atoms with E-state index in [9.17, 15) is 4.79 Å². The molecule has 218 valence electrons. The number of alkyl halides is 1. The minimum absolute atomic E-state index is 0.0514. The Morgan fingerprint density at radius 2 is 1.69 bits per heavy atom. The highest BCUT2D eigenvalue weighted by Crippen LogP contribution is 2.50. The highest BCUT2D eigenvalue weighted by Gasteiger charge is 2.48. The zero-order valence-electron chi connectivity index (χ0n) is 24.6. The Hall–Kier alpha value is -1.05. The molecule has 0 fully saturated rings. The zero-order chi connectivity index (χ0) is 28.3. The Morgan fingerprint density at radius 1 is 1.03 bits per heavy atom. The number of ether oxygens (including phenoxy) is 1. The molecule has 1 aromatic carbocycles. The smallest absolute Gasteiger partial charge is 0.236 e. The van der Waals surface area contributed by atoms with Gasteiger partial charge in [-0.05, 0) is 43.6 Å². The zero-order valence-corrected chi connectivity index (χ0v) is 27.6. The van der Waals surface area contributed by atoms with Crippen LogP contribution in [0, 0.1) is 11.8 Å². The van der Waals surface area contributed by atoms with E-state index in [0.717, 1.165) is 38.9 Å². The van der Waals surface area contributed by atoms with E-state index in [2.05, 4.69) is 104 Å². The van der Waals surface area contributed by atoms with E-state index >= 15 is 0 Å². The van der Waals surface area contributed by atoms with Crippen molar-refractivity contribution in [3.05, 3.63) is 72.4 Å². The molecule has 0 aliphatic heterocycles. The van der Waals surface area contributed by atoms with Gasteiger partial charge in [-0.25, -0.2) is 0 Å². The third-order valence-electron chi connectivity index (χ3n) is 7.58. The number of carbonyl (C=O) groups is 1. The summed E-state index contributed by atoms with van der Waals surface area (Å²) in [6, 6.07) is 10.6. The van der Waals surface area contributed by atoms with Crippen LogP contribution in [0.3, 0.4) is 0 Å². The van der Waals surface area contributed by atoms with Gasteiger partial charge in [0.25, 0.3) is 0 Å². The van der Waals surface area contributed by atoms with Crippen LogP contribution in [-0.4, -0.2) is 29.5 Å². The van der Waals surface area contributed by atoms with Crippen LogP contribution in [0.25, 0.3) is 0 Å². The predicted octanol–water partition coefficient (Wildman–Crippen LogP) is 10.0. The van der Waals surface area contributed by atoms with Gasteiger partial charge in [0.15, 0.2) is 0 Å². The molecule has 2 unspecified atom stereocenters. The number of thiol groups is 1. The number of halogens is 1. The second-order valence-corrected chi connectivity index (χ2v) is 13.3. The van der Waals surface area contributed by atoms with Gasteiger partial charge in [-0.2, -0.15) is 0 Å². The summed E-state index contributed by atoms with van der Waals surface area (Å²) in [7, 11) is 0. The molecule has 5 heteroatoms. The van der Waals surface area contributed by atoms with Crippen LogP contribution in [0.1, 0.15) is 103 Å². The lowest BCUT2D eigenvalue weighted by atomic mass is 9.74. The molecule has 0 N–H and O–H groups in total. The second-order valence-electron chi connectivity index (χ2n) is 11.1. The lowest BCUT2D eigenvalue weighted by Crippen LogP contribution is -2.52. The van der Waals surface area contributed by atoms with Gasteiger partial charge in [-0.1, -0.05) is 161 Å². The quantitative estimate of drug-likeness (QED) is 0.0494. The first-order valence-electron chi connectivity index (χ1n) is 15.2. The van der Waals surface area contributed by atoms with Crippen LogP contribution in [-0.2, 0) is 13.0 Å². The van der Waals surface area contributed by atoms with Gasteiger partial charge in [0.1, 0.15) is 0 Å². The summed E-state index contributed by atoms with van der Waals surface area (Å²) >= 11 is 7.45. The van der Waals surface area contributed by atoms with E-state index in [4.69, 9.17) is 17.6 Å². The van der Waals surface area contributed by atoms with Crippen molar-refractivity contribution in [2.45, 2.75) is 107 Å². The van der Waals surface area contributed by atoms with Crippen molar-refractivity contribution in [2.75, 3.05) is 13.2 Å². The molecule has 1 aliphatic carbocycles. The van der Waals surface area contributed by atoms with Crippen molar-refractivity contribution in [2.24, 2.45) is 11.8 Å². The summed E-state index contributed by atoms with van der Waals surface area (Å²) < 4.78 is 7.21. The molecule has 0 heterocycles. The average Bonchev–Trinajstić information content (AvgIpc) is 2.95. The van der Waals surface area contributed by atoms with Crippen molar-refractivity contribution >= 4 is 41.3 Å². The monoisotopic (exact) mass is 665 g/mol. The Bertz CT molecular complexity index is 884. The fourth-order valence-corrected chi connectivity index (χ4v) is 7.99. The summed E-state index contributed by atoms with van der Waals surface area (Å²) in [5, 5.41) is 0. The number of amides is 1. The maximum atomic E-state index is 13.3. The fourth-order valence-electron chi connectivity index (χ4n) is 5.42. The van der Waals surface area contributed by atoms with Crippen molar-refractivity contribution in [1.82, 2.24) is 4.31 Å². The molecule has 3 atom stereocenters. The number of unbranched alkanes of at least 4 members (excludes halogenated alkanes) is 8. The van der Waals surface area contributed by atoms with Crippen LogP contribution in [0.2, 0.25) is 0 Å². The third-order valence-corrected chi connectivity index (χ3v) is 10.1. The molecule has 2 rings (SSSR count). The van der Waals surface area contributed by atoms with Gasteiger partial charge in [-0.15, -0.1) is 0 Å². The van der Waals surface area contributed by atoms with E-state index < -0.39 is 0 Å². The molecule has 0 radical (unpaired) electrons. The van der Waals surface area contributed by atoms with Gasteiger partial charge < -0.3 is 4.74 Å². The Labute approximate surface area is 258 Å². The predicted molar refractivity (Wildman–Crippen MR) is 179 cm³/mol. The highest BCUT2D eigenvalue weighted by atomic mass is 127. The standard InChI is InChI=1S/C34H52INO2S/c1-4-5-6-11-20-27-38-28-21-12-9-7-8-10-19-26-32(37)36(39)33(29(2)3)34(35,30-22-15-13-16-23-30)31-24-17-14-18-25-31/h10,13-19,22-24,29,31,33,39H,4-9,11-12,20-21,25-28H2,1-3H3/b19-10+/t31?,33-,34?/m0/s1. The lowest BCUT2D eigenvalue weighted by Gasteiger charge is -2.47. The Morgan fingerprint density at radius 3 is 2.31 bits per heavy atom. The van der Waals surface area contributed by atoms with Crippen LogP contribution in [0.4, 0.5) is 0 Å². The van der Waals surface area contributed by atoms with Crippen LogP contribution in [0.15, 0.2) is 66.8 Å². The molecule has 0 saturated heterocycles. The topological polar surface area (TPSA) is 29.5 Å². The molecular weight excluding hydrogens is 613 g/mol. The molecule has 0 saturated carbocycles. The van der Waals surface area contributed by atoms with E-state index in [1.54, 1.807) is 4.31 Å². The normalized spacial score (nSPS) is 17.5. The number of nitrogens with zero attached hydrogens (tertiary/aromatic N) is 1. The molecule has 3 nitrogen and oxygen atoms in total. The molecule has 39 heavy (non-hydrogen) atoms. The van der Waals surface area contributed by atoms with Crippen LogP contribution in [0.5, 0.6) is 0 Å². The molecule has 0 aromatic heterocycles. The molecular formula is C34H52INO2S. The maximum Gasteiger partial charge on any atom is 0.236 e.